The third-order valence-electron chi connectivity index (χ3n) is 4.59. The van der Waals surface area contributed by atoms with Gasteiger partial charge < -0.3 is 10.6 Å². The summed E-state index contributed by atoms with van der Waals surface area (Å²) in [4.78, 5) is 5.27. The molecular formula is C16H35N3. The van der Waals surface area contributed by atoms with Crippen molar-refractivity contribution in [3.8, 4) is 0 Å². The first-order valence-corrected chi connectivity index (χ1v) is 8.48. The Bertz CT molecular complexity index is 196. The predicted octanol–water partition coefficient (Wildman–Crippen LogP) is 2.70. The summed E-state index contributed by atoms with van der Waals surface area (Å²) in [6, 6.07) is 0.824. The molecule has 0 unspecified atom stereocenters. The van der Waals surface area contributed by atoms with Crippen LogP contribution in [0.5, 0.6) is 0 Å². The van der Waals surface area contributed by atoms with E-state index < -0.39 is 0 Å². The van der Waals surface area contributed by atoms with Gasteiger partial charge in [0.1, 0.15) is 0 Å². The molecule has 3 heteroatoms. The van der Waals surface area contributed by atoms with Crippen molar-refractivity contribution >= 4 is 0 Å². The molecule has 1 fully saturated rings. The Kier molecular flexibility index (Phi) is 9.48. The Hall–Kier alpha value is -0.120. The lowest BCUT2D eigenvalue weighted by atomic mass is 10.1. The Labute approximate surface area is 120 Å². The van der Waals surface area contributed by atoms with Crippen molar-refractivity contribution in [3.63, 3.8) is 0 Å². The first-order chi connectivity index (χ1) is 9.31. The highest BCUT2D eigenvalue weighted by Gasteiger charge is 2.19. The summed E-state index contributed by atoms with van der Waals surface area (Å²) in [7, 11) is 0. The van der Waals surface area contributed by atoms with Crippen LogP contribution in [0.1, 0.15) is 58.8 Å². The Morgan fingerprint density at radius 1 is 0.895 bits per heavy atom. The summed E-state index contributed by atoms with van der Waals surface area (Å²) in [5.41, 5.74) is 5.71. The molecule has 19 heavy (non-hydrogen) atoms. The molecule has 0 radical (unpaired) electrons. The standard InChI is InChI=1S/C16H35N3/c1-3-18(4-2)14-15-19(13-9-12-17)16-10-7-5-6-8-11-16/h16H,3-15,17H2,1-2H3. The summed E-state index contributed by atoms with van der Waals surface area (Å²) < 4.78 is 0. The van der Waals surface area contributed by atoms with Gasteiger partial charge in [-0.1, -0.05) is 39.5 Å². The minimum atomic E-state index is 0.824. The van der Waals surface area contributed by atoms with Crippen molar-refractivity contribution in [2.75, 3.05) is 39.3 Å². The lowest BCUT2D eigenvalue weighted by Gasteiger charge is -2.33. The molecule has 0 aromatic carbocycles. The van der Waals surface area contributed by atoms with Crippen LogP contribution in [0.15, 0.2) is 0 Å². The molecule has 0 aliphatic heterocycles. The van der Waals surface area contributed by atoms with Crippen LogP contribution in [0.4, 0.5) is 0 Å². The van der Waals surface area contributed by atoms with Crippen molar-refractivity contribution < 1.29 is 0 Å². The molecule has 3 nitrogen and oxygen atoms in total. The second kappa shape index (κ2) is 10.6. The molecule has 0 spiro atoms. The van der Waals surface area contributed by atoms with Gasteiger partial charge in [-0.2, -0.15) is 0 Å². The van der Waals surface area contributed by atoms with Crippen LogP contribution in [0.2, 0.25) is 0 Å². The second-order valence-corrected chi connectivity index (χ2v) is 5.85. The van der Waals surface area contributed by atoms with E-state index in [0.717, 1.165) is 19.0 Å². The summed E-state index contributed by atoms with van der Waals surface area (Å²) in [5, 5.41) is 0. The minimum absolute atomic E-state index is 0.824. The first-order valence-electron chi connectivity index (χ1n) is 8.48. The van der Waals surface area contributed by atoms with Gasteiger partial charge in [-0.3, -0.25) is 4.90 Å². The smallest absolute Gasteiger partial charge is 0.0112 e. The zero-order valence-electron chi connectivity index (χ0n) is 13.2. The van der Waals surface area contributed by atoms with Gasteiger partial charge in [-0.05, 0) is 45.4 Å². The molecule has 1 aliphatic carbocycles. The average molecular weight is 269 g/mol. The number of nitrogens with zero attached hydrogens (tertiary/aromatic N) is 2. The highest BCUT2D eigenvalue weighted by molar-refractivity contribution is 4.76. The van der Waals surface area contributed by atoms with Crippen molar-refractivity contribution in [1.29, 1.82) is 0 Å². The monoisotopic (exact) mass is 269 g/mol. The normalized spacial score (nSPS) is 18.2. The molecule has 1 rings (SSSR count). The third kappa shape index (κ3) is 6.73. The van der Waals surface area contributed by atoms with E-state index in [1.165, 1.54) is 71.2 Å². The number of nitrogens with two attached hydrogens (primary N) is 1. The van der Waals surface area contributed by atoms with Gasteiger partial charge in [0.15, 0.2) is 0 Å². The topological polar surface area (TPSA) is 32.5 Å². The maximum Gasteiger partial charge on any atom is 0.0112 e. The van der Waals surface area contributed by atoms with E-state index in [2.05, 4.69) is 23.6 Å². The molecular weight excluding hydrogens is 234 g/mol. The Morgan fingerprint density at radius 3 is 2.05 bits per heavy atom. The molecule has 0 aromatic heterocycles. The Morgan fingerprint density at radius 2 is 1.53 bits per heavy atom. The molecule has 1 saturated carbocycles. The van der Waals surface area contributed by atoms with E-state index in [1.807, 2.05) is 0 Å². The Balaban J connectivity index is 2.44. The highest BCUT2D eigenvalue weighted by atomic mass is 15.2. The molecule has 0 heterocycles. The summed E-state index contributed by atoms with van der Waals surface area (Å²) in [5.74, 6) is 0. The SMILES string of the molecule is CCN(CC)CCN(CCCN)C1CCCCCC1. The fraction of sp³-hybridized carbons (Fsp3) is 1.00. The van der Waals surface area contributed by atoms with Crippen LogP contribution in [0, 0.1) is 0 Å². The van der Waals surface area contributed by atoms with Gasteiger partial charge in [0, 0.05) is 19.1 Å². The van der Waals surface area contributed by atoms with Crippen LogP contribution < -0.4 is 5.73 Å². The number of likely N-dealkylation sites (N-methyl/N-ethyl adjacent to an activating group) is 1. The van der Waals surface area contributed by atoms with E-state index in [4.69, 9.17) is 5.73 Å². The lowest BCUT2D eigenvalue weighted by molar-refractivity contribution is 0.151. The van der Waals surface area contributed by atoms with E-state index in [-0.39, 0.29) is 0 Å². The molecule has 0 bridgehead atoms. The van der Waals surface area contributed by atoms with Gasteiger partial charge >= 0.3 is 0 Å². The maximum atomic E-state index is 5.71. The van der Waals surface area contributed by atoms with E-state index in [9.17, 15) is 0 Å². The highest BCUT2D eigenvalue weighted by Crippen LogP contribution is 2.22. The number of hydrogen-bond acceptors (Lipinski definition) is 3. The van der Waals surface area contributed by atoms with Crippen molar-refractivity contribution in [2.24, 2.45) is 5.73 Å². The van der Waals surface area contributed by atoms with Crippen LogP contribution >= 0.6 is 0 Å². The fourth-order valence-corrected chi connectivity index (χ4v) is 3.20. The average Bonchev–Trinajstić information content (AvgIpc) is 2.72. The number of hydrogen-bond donors (Lipinski definition) is 1. The maximum absolute atomic E-state index is 5.71. The molecule has 2 N–H and O–H groups in total. The van der Waals surface area contributed by atoms with Gasteiger partial charge in [0.25, 0.3) is 0 Å². The molecule has 0 aromatic rings. The van der Waals surface area contributed by atoms with Crippen molar-refractivity contribution in [1.82, 2.24) is 9.80 Å². The van der Waals surface area contributed by atoms with Crippen LogP contribution in [0.3, 0.4) is 0 Å². The second-order valence-electron chi connectivity index (χ2n) is 5.85. The van der Waals surface area contributed by atoms with Gasteiger partial charge in [-0.15, -0.1) is 0 Å². The van der Waals surface area contributed by atoms with Crippen LogP contribution in [0.25, 0.3) is 0 Å². The van der Waals surface area contributed by atoms with Crippen molar-refractivity contribution in [3.05, 3.63) is 0 Å². The largest absolute Gasteiger partial charge is 0.330 e. The summed E-state index contributed by atoms with van der Waals surface area (Å²) in [6.07, 6.45) is 9.69. The molecule has 0 amide bonds. The molecule has 1 aliphatic rings. The fourth-order valence-electron chi connectivity index (χ4n) is 3.20. The van der Waals surface area contributed by atoms with Crippen LogP contribution in [-0.4, -0.2) is 55.1 Å². The van der Waals surface area contributed by atoms with E-state index >= 15 is 0 Å². The zero-order chi connectivity index (χ0) is 13.9. The van der Waals surface area contributed by atoms with Gasteiger partial charge in [0.05, 0.1) is 0 Å². The quantitative estimate of drug-likeness (QED) is 0.653. The van der Waals surface area contributed by atoms with E-state index in [1.54, 1.807) is 0 Å². The van der Waals surface area contributed by atoms with E-state index in [0.29, 0.717) is 0 Å². The minimum Gasteiger partial charge on any atom is -0.330 e. The first kappa shape index (κ1) is 16.9. The van der Waals surface area contributed by atoms with Crippen LogP contribution in [-0.2, 0) is 0 Å². The number of rotatable bonds is 9. The van der Waals surface area contributed by atoms with Gasteiger partial charge in [-0.25, -0.2) is 0 Å². The summed E-state index contributed by atoms with van der Waals surface area (Å²) >= 11 is 0. The zero-order valence-corrected chi connectivity index (χ0v) is 13.2. The predicted molar refractivity (Wildman–Crippen MR) is 84.5 cm³/mol. The molecule has 0 atom stereocenters. The molecule has 0 saturated heterocycles. The van der Waals surface area contributed by atoms with Crippen molar-refractivity contribution in [2.45, 2.75) is 64.8 Å². The summed E-state index contributed by atoms with van der Waals surface area (Å²) in [6.45, 7) is 11.3. The lowest BCUT2D eigenvalue weighted by Crippen LogP contribution is -2.42. The van der Waals surface area contributed by atoms with Gasteiger partial charge in [0.2, 0.25) is 0 Å². The molecule has 114 valence electrons. The third-order valence-corrected chi connectivity index (χ3v) is 4.59.